The van der Waals surface area contributed by atoms with Gasteiger partial charge in [0.05, 0.1) is 31.5 Å². The number of para-hydroxylation sites is 2. The third kappa shape index (κ3) is 7.88. The van der Waals surface area contributed by atoms with Gasteiger partial charge in [-0.25, -0.2) is 9.97 Å². The molecule has 2 aromatic heterocycles. The molecule has 0 aliphatic carbocycles. The summed E-state index contributed by atoms with van der Waals surface area (Å²) in [5.74, 6) is 1.48. The van der Waals surface area contributed by atoms with Crippen LogP contribution in [0.4, 0.5) is 0 Å². The van der Waals surface area contributed by atoms with Crippen molar-refractivity contribution in [3.63, 3.8) is 0 Å². The maximum Gasteiger partial charge on any atom is 0.511 e. The summed E-state index contributed by atoms with van der Waals surface area (Å²) in [6, 6.07) is 16.3. The van der Waals surface area contributed by atoms with Gasteiger partial charge in [-0.05, 0) is 53.7 Å². The zero-order valence-electron chi connectivity index (χ0n) is 23.4. The molecule has 0 saturated carbocycles. The van der Waals surface area contributed by atoms with E-state index in [-0.39, 0.29) is 11.1 Å². The Labute approximate surface area is 270 Å². The highest BCUT2D eigenvalue weighted by atomic mass is 33.8. The molecular weight excluding hydrogens is 693 g/mol. The van der Waals surface area contributed by atoms with E-state index in [1.165, 1.54) is 0 Å². The highest BCUT2D eigenvalue weighted by Gasteiger charge is 2.51. The average molecular weight is 725 g/mol. The Morgan fingerprint density at radius 3 is 1.29 bits per heavy atom. The second-order valence-corrected chi connectivity index (χ2v) is 24.6. The molecule has 224 valence electrons. The molecule has 0 radical (unpaired) electrons. The second kappa shape index (κ2) is 16.5. The molecule has 2 unspecified atom stereocenters. The summed E-state index contributed by atoms with van der Waals surface area (Å²) in [7, 11) is 12.6. The van der Waals surface area contributed by atoms with E-state index < -0.39 is 17.6 Å². The summed E-state index contributed by atoms with van der Waals surface area (Å²) in [6.45, 7) is 0. The number of benzene rings is 2. The number of rotatable bonds is 18. The zero-order valence-corrected chi connectivity index (χ0v) is 31.1. The number of thiazole rings is 2. The fourth-order valence-corrected chi connectivity index (χ4v) is 22.7. The number of hydrogen-bond acceptors (Lipinski definition) is 15. The van der Waals surface area contributed by atoms with Crippen molar-refractivity contribution < 1.29 is 26.6 Å². The van der Waals surface area contributed by atoms with Crippen LogP contribution in [0.3, 0.4) is 0 Å². The van der Waals surface area contributed by atoms with E-state index in [1.54, 1.807) is 116 Å². The zero-order chi connectivity index (χ0) is 29.3. The van der Waals surface area contributed by atoms with Crippen LogP contribution in [0, 0.1) is 0 Å². The van der Waals surface area contributed by atoms with Gasteiger partial charge in [-0.15, -0.1) is 22.7 Å². The topological polar surface area (TPSA) is 81.2 Å². The van der Waals surface area contributed by atoms with E-state index in [0.717, 1.165) is 42.0 Å². The smallest absolute Gasteiger partial charge is 0.376 e. The van der Waals surface area contributed by atoms with E-state index in [0.29, 0.717) is 0 Å². The van der Waals surface area contributed by atoms with Crippen molar-refractivity contribution in [3.05, 3.63) is 58.5 Å². The lowest BCUT2D eigenvalue weighted by Gasteiger charge is -2.31. The lowest BCUT2D eigenvalue weighted by atomic mass is 10.3. The standard InChI is InChI=1S/C24H32N2O6S7Si2/c1-27-40(28-2,29-3)21(23-25-17-11-7-9-13-19(17)35-23)15-33-37-39-38-34-16-22(41(30-4,31-5)32-6)24-26-18-12-8-10-14-20(18)36-24/h7-14,21-22H,15-16H2,1-6H3. The molecule has 17 heteroatoms. The summed E-state index contributed by atoms with van der Waals surface area (Å²) in [5.41, 5.74) is 1.79. The molecule has 0 aliphatic rings. The van der Waals surface area contributed by atoms with Crippen LogP contribution in [0.2, 0.25) is 0 Å². The Morgan fingerprint density at radius 2 is 0.951 bits per heavy atom. The van der Waals surface area contributed by atoms with Gasteiger partial charge in [0.25, 0.3) is 0 Å². The third-order valence-corrected chi connectivity index (χ3v) is 24.5. The highest BCUT2D eigenvalue weighted by molar-refractivity contribution is 9.35. The van der Waals surface area contributed by atoms with Crippen molar-refractivity contribution in [3.8, 4) is 0 Å². The first-order valence-corrected chi connectivity index (χ1v) is 24.0. The molecule has 0 saturated heterocycles. The van der Waals surface area contributed by atoms with E-state index in [2.05, 4.69) is 12.1 Å². The van der Waals surface area contributed by atoms with Crippen molar-refractivity contribution in [1.82, 2.24) is 9.97 Å². The van der Waals surface area contributed by atoms with Crippen LogP contribution >= 0.6 is 73.7 Å². The Kier molecular flexibility index (Phi) is 13.7. The van der Waals surface area contributed by atoms with E-state index in [1.807, 2.05) is 36.4 Å². The Balaban J connectivity index is 1.37. The molecule has 2 atom stereocenters. The van der Waals surface area contributed by atoms with Crippen LogP contribution < -0.4 is 0 Å². The summed E-state index contributed by atoms with van der Waals surface area (Å²) in [4.78, 5) is 9.80. The predicted octanol–water partition coefficient (Wildman–Crippen LogP) is 7.93. The van der Waals surface area contributed by atoms with Crippen molar-refractivity contribution in [1.29, 1.82) is 0 Å². The van der Waals surface area contributed by atoms with Gasteiger partial charge >= 0.3 is 17.6 Å². The van der Waals surface area contributed by atoms with Gasteiger partial charge in [0.2, 0.25) is 0 Å². The molecular formula is C24H32N2O6S7Si2. The number of fused-ring (bicyclic) bond motifs is 2. The normalized spacial score (nSPS) is 14.2. The molecule has 0 bridgehead atoms. The second-order valence-electron chi connectivity index (χ2n) is 8.35. The minimum absolute atomic E-state index is 0.0872. The molecule has 8 nitrogen and oxygen atoms in total. The summed E-state index contributed by atoms with van der Waals surface area (Å²) >= 11 is 3.34. The summed E-state index contributed by atoms with van der Waals surface area (Å²) in [5, 5.41) is 1.95. The lowest BCUT2D eigenvalue weighted by Crippen LogP contribution is -2.50. The fraction of sp³-hybridized carbons (Fsp3) is 0.417. The first kappa shape index (κ1) is 34.0. The fourth-order valence-electron chi connectivity index (χ4n) is 4.32. The molecule has 41 heavy (non-hydrogen) atoms. The maximum absolute atomic E-state index is 5.88. The first-order chi connectivity index (χ1) is 20.0. The van der Waals surface area contributed by atoms with Crippen molar-refractivity contribution in [2.45, 2.75) is 11.1 Å². The quantitative estimate of drug-likeness (QED) is 0.0567. The minimum Gasteiger partial charge on any atom is -0.376 e. The molecule has 4 aromatic rings. The lowest BCUT2D eigenvalue weighted by molar-refractivity contribution is 0.114. The van der Waals surface area contributed by atoms with Crippen LogP contribution in [0.15, 0.2) is 48.5 Å². The van der Waals surface area contributed by atoms with Crippen molar-refractivity contribution in [2.24, 2.45) is 0 Å². The van der Waals surface area contributed by atoms with Gasteiger partial charge in [-0.2, -0.15) is 0 Å². The van der Waals surface area contributed by atoms with Crippen LogP contribution in [-0.4, -0.2) is 81.7 Å². The molecule has 0 N–H and O–H groups in total. The minimum atomic E-state index is -2.98. The number of aromatic nitrogens is 2. The SMILES string of the molecule is CO[Si](OC)(OC)C(CSSSSSCC(c1nc2ccccc2s1)[Si](OC)(OC)OC)c1nc2ccccc2s1. The van der Waals surface area contributed by atoms with Crippen LogP contribution in [0.25, 0.3) is 20.4 Å². The Bertz CT molecular complexity index is 1190. The molecule has 4 rings (SSSR count). The number of nitrogens with zero attached hydrogens (tertiary/aromatic N) is 2. The summed E-state index contributed by atoms with van der Waals surface area (Å²) in [6.07, 6.45) is 0. The average Bonchev–Trinajstić information content (AvgIpc) is 3.64. The van der Waals surface area contributed by atoms with E-state index in [4.69, 9.17) is 36.5 Å². The summed E-state index contributed by atoms with van der Waals surface area (Å²) < 4.78 is 37.6. The molecule has 0 aliphatic heterocycles. The predicted molar refractivity (Wildman–Crippen MR) is 186 cm³/mol. The largest absolute Gasteiger partial charge is 0.511 e. The highest BCUT2D eigenvalue weighted by Crippen LogP contribution is 2.52. The Morgan fingerprint density at radius 1 is 0.585 bits per heavy atom. The van der Waals surface area contributed by atoms with Crippen molar-refractivity contribution >= 4 is 112 Å². The maximum atomic E-state index is 5.88. The number of hydrogen-bond donors (Lipinski definition) is 0. The molecule has 0 spiro atoms. The van der Waals surface area contributed by atoms with Gasteiger partial charge in [0, 0.05) is 54.2 Å². The first-order valence-electron chi connectivity index (χ1n) is 12.3. The van der Waals surface area contributed by atoms with E-state index in [9.17, 15) is 0 Å². The third-order valence-electron chi connectivity index (χ3n) is 6.40. The molecule has 0 amide bonds. The van der Waals surface area contributed by atoms with Gasteiger partial charge in [-0.3, -0.25) is 0 Å². The Hall–Kier alpha value is 0.164. The van der Waals surface area contributed by atoms with Crippen LogP contribution in [0.5, 0.6) is 0 Å². The van der Waals surface area contributed by atoms with E-state index >= 15 is 0 Å². The van der Waals surface area contributed by atoms with Gasteiger partial charge < -0.3 is 26.6 Å². The van der Waals surface area contributed by atoms with Gasteiger partial charge in [0.1, 0.15) is 10.0 Å². The van der Waals surface area contributed by atoms with Crippen molar-refractivity contribution in [2.75, 3.05) is 54.2 Å². The van der Waals surface area contributed by atoms with Crippen LogP contribution in [-0.2, 0) is 26.6 Å². The molecule has 2 aromatic carbocycles. The van der Waals surface area contributed by atoms with Gasteiger partial charge in [-0.1, -0.05) is 45.9 Å². The molecule has 2 heterocycles. The molecule has 0 fully saturated rings. The van der Waals surface area contributed by atoms with Gasteiger partial charge in [0.15, 0.2) is 0 Å². The van der Waals surface area contributed by atoms with Crippen LogP contribution in [0.1, 0.15) is 21.1 Å². The monoisotopic (exact) mass is 724 g/mol.